The molecule has 0 atom stereocenters. The number of anilines is 2. The first-order valence-corrected chi connectivity index (χ1v) is 6.60. The number of nitrogens with zero attached hydrogens (tertiary/aromatic N) is 2. The Bertz CT molecular complexity index is 580. The zero-order valence-electron chi connectivity index (χ0n) is 10.4. The normalized spacial score (nSPS) is 14.4. The topological polar surface area (TPSA) is 16.1 Å². The quantitative estimate of drug-likeness (QED) is 0.715. The third-order valence-electron chi connectivity index (χ3n) is 3.38. The zero-order valence-corrected chi connectivity index (χ0v) is 11.1. The third kappa shape index (κ3) is 2.08. The van der Waals surface area contributed by atoms with Gasteiger partial charge < -0.3 is 4.90 Å². The number of aryl methyl sites for hydroxylation is 2. The summed E-state index contributed by atoms with van der Waals surface area (Å²) in [7, 11) is 0. The summed E-state index contributed by atoms with van der Waals surface area (Å²) < 4.78 is 0. The lowest BCUT2D eigenvalue weighted by Gasteiger charge is -2.31. The summed E-state index contributed by atoms with van der Waals surface area (Å²) in [5, 5.41) is 0.548. The van der Waals surface area contributed by atoms with E-state index in [1.54, 1.807) is 6.20 Å². The molecule has 3 heteroatoms. The van der Waals surface area contributed by atoms with Crippen molar-refractivity contribution >= 4 is 23.0 Å². The van der Waals surface area contributed by atoms with E-state index in [1.165, 1.54) is 23.2 Å². The zero-order chi connectivity index (χ0) is 12.5. The molecule has 0 bridgehead atoms. The summed E-state index contributed by atoms with van der Waals surface area (Å²) in [5.74, 6) is 0. The van der Waals surface area contributed by atoms with E-state index < -0.39 is 0 Å². The van der Waals surface area contributed by atoms with Crippen LogP contribution in [-0.4, -0.2) is 11.5 Å². The molecule has 92 valence electrons. The summed E-state index contributed by atoms with van der Waals surface area (Å²) >= 11 is 5.98. The molecule has 0 unspecified atom stereocenters. The average molecular weight is 259 g/mol. The molecule has 2 nitrogen and oxygen atoms in total. The van der Waals surface area contributed by atoms with Crippen LogP contribution >= 0.6 is 11.6 Å². The van der Waals surface area contributed by atoms with E-state index in [4.69, 9.17) is 11.6 Å². The molecule has 1 aromatic carbocycles. The molecule has 1 aliphatic rings. The van der Waals surface area contributed by atoms with Gasteiger partial charge >= 0.3 is 0 Å². The summed E-state index contributed by atoms with van der Waals surface area (Å²) in [4.78, 5) is 6.37. The highest BCUT2D eigenvalue weighted by atomic mass is 35.5. The first-order chi connectivity index (χ1) is 8.74. The maximum Gasteiger partial charge on any atom is 0.131 e. The lowest BCUT2D eigenvalue weighted by molar-refractivity contribution is 0.765. The first-order valence-electron chi connectivity index (χ1n) is 6.23. The second kappa shape index (κ2) is 4.62. The van der Waals surface area contributed by atoms with Crippen LogP contribution in [0, 0.1) is 6.92 Å². The summed E-state index contributed by atoms with van der Waals surface area (Å²) in [6, 6.07) is 10.6. The van der Waals surface area contributed by atoms with Crippen LogP contribution in [-0.2, 0) is 6.42 Å². The average Bonchev–Trinajstić information content (AvgIpc) is 2.37. The van der Waals surface area contributed by atoms with Gasteiger partial charge in [-0.05, 0) is 43.5 Å². The van der Waals surface area contributed by atoms with Crippen LogP contribution < -0.4 is 4.90 Å². The smallest absolute Gasteiger partial charge is 0.131 e. The minimum Gasteiger partial charge on any atom is -0.341 e. The van der Waals surface area contributed by atoms with Crippen LogP contribution in [0.15, 0.2) is 36.5 Å². The molecule has 0 amide bonds. The Morgan fingerprint density at radius 3 is 2.94 bits per heavy atom. The van der Waals surface area contributed by atoms with Gasteiger partial charge in [0.05, 0.1) is 0 Å². The molecular formula is C15H15ClN2. The number of rotatable bonds is 1. The number of hydrogen-bond donors (Lipinski definition) is 0. The molecule has 0 saturated heterocycles. The van der Waals surface area contributed by atoms with Crippen molar-refractivity contribution in [2.24, 2.45) is 0 Å². The summed E-state index contributed by atoms with van der Waals surface area (Å²) in [5.41, 5.74) is 5.17. The van der Waals surface area contributed by atoms with Crippen LogP contribution in [0.5, 0.6) is 0 Å². The lowest BCUT2D eigenvalue weighted by Crippen LogP contribution is -2.24. The highest BCUT2D eigenvalue weighted by Crippen LogP contribution is 2.34. The second-order valence-corrected chi connectivity index (χ2v) is 5.11. The largest absolute Gasteiger partial charge is 0.341 e. The molecule has 3 rings (SSSR count). The predicted octanol–water partition coefficient (Wildman–Crippen LogP) is 4.13. The third-order valence-corrected chi connectivity index (χ3v) is 3.58. The lowest BCUT2D eigenvalue weighted by atomic mass is 9.99. The van der Waals surface area contributed by atoms with E-state index in [0.29, 0.717) is 5.15 Å². The molecular weight excluding hydrogens is 244 g/mol. The van der Waals surface area contributed by atoms with Gasteiger partial charge in [-0.15, -0.1) is 0 Å². The van der Waals surface area contributed by atoms with E-state index >= 15 is 0 Å². The first kappa shape index (κ1) is 11.5. The van der Waals surface area contributed by atoms with Crippen molar-refractivity contribution in [1.29, 1.82) is 0 Å². The van der Waals surface area contributed by atoms with Gasteiger partial charge in [0.1, 0.15) is 5.15 Å². The fraction of sp³-hybridized carbons (Fsp3) is 0.267. The standard InChI is InChI=1S/C15H15ClN2/c1-11-4-5-14-12(9-11)3-2-8-18(14)13-6-7-17-15(16)10-13/h4-7,9-10H,2-3,8H2,1H3. The molecule has 2 aromatic rings. The highest BCUT2D eigenvalue weighted by Gasteiger charge is 2.18. The monoisotopic (exact) mass is 258 g/mol. The Morgan fingerprint density at radius 2 is 2.11 bits per heavy atom. The van der Waals surface area contributed by atoms with Crippen molar-refractivity contribution < 1.29 is 0 Å². The van der Waals surface area contributed by atoms with Crippen molar-refractivity contribution in [1.82, 2.24) is 4.98 Å². The Labute approximate surface area is 112 Å². The molecule has 2 heterocycles. The Hall–Kier alpha value is -1.54. The summed E-state index contributed by atoms with van der Waals surface area (Å²) in [6.07, 6.45) is 4.10. The Morgan fingerprint density at radius 1 is 1.22 bits per heavy atom. The van der Waals surface area contributed by atoms with Gasteiger partial charge in [0.15, 0.2) is 0 Å². The molecule has 0 fully saturated rings. The van der Waals surface area contributed by atoms with Crippen molar-refractivity contribution in [3.05, 3.63) is 52.8 Å². The number of benzene rings is 1. The van der Waals surface area contributed by atoms with Crippen molar-refractivity contribution in [3.8, 4) is 0 Å². The number of pyridine rings is 1. The fourth-order valence-electron chi connectivity index (χ4n) is 2.55. The minimum absolute atomic E-state index is 0.548. The maximum absolute atomic E-state index is 5.98. The Balaban J connectivity index is 2.06. The van der Waals surface area contributed by atoms with E-state index in [9.17, 15) is 0 Å². The van der Waals surface area contributed by atoms with Crippen molar-refractivity contribution in [3.63, 3.8) is 0 Å². The van der Waals surface area contributed by atoms with Crippen LogP contribution in [0.4, 0.5) is 11.4 Å². The SMILES string of the molecule is Cc1ccc2c(c1)CCCN2c1ccnc(Cl)c1. The number of halogens is 1. The minimum atomic E-state index is 0.548. The maximum atomic E-state index is 5.98. The molecule has 1 aromatic heterocycles. The van der Waals surface area contributed by atoms with E-state index in [0.717, 1.165) is 18.7 Å². The van der Waals surface area contributed by atoms with E-state index in [1.807, 2.05) is 12.1 Å². The number of aromatic nitrogens is 1. The Kier molecular flexibility index (Phi) is 2.96. The van der Waals surface area contributed by atoms with E-state index in [-0.39, 0.29) is 0 Å². The van der Waals surface area contributed by atoms with Gasteiger partial charge in [-0.25, -0.2) is 4.98 Å². The van der Waals surface area contributed by atoms with E-state index in [2.05, 4.69) is 35.0 Å². The van der Waals surface area contributed by atoms with Gasteiger partial charge in [-0.2, -0.15) is 0 Å². The van der Waals surface area contributed by atoms with Gasteiger partial charge in [0.2, 0.25) is 0 Å². The summed E-state index contributed by atoms with van der Waals surface area (Å²) in [6.45, 7) is 3.18. The highest BCUT2D eigenvalue weighted by molar-refractivity contribution is 6.29. The van der Waals surface area contributed by atoms with Gasteiger partial charge in [0.25, 0.3) is 0 Å². The van der Waals surface area contributed by atoms with Gasteiger partial charge in [0, 0.05) is 24.1 Å². The van der Waals surface area contributed by atoms with Gasteiger partial charge in [-0.1, -0.05) is 29.3 Å². The molecule has 0 N–H and O–H groups in total. The van der Waals surface area contributed by atoms with Crippen LogP contribution in [0.1, 0.15) is 17.5 Å². The van der Waals surface area contributed by atoms with Gasteiger partial charge in [-0.3, -0.25) is 0 Å². The molecule has 0 radical (unpaired) electrons. The number of fused-ring (bicyclic) bond motifs is 1. The number of hydrogen-bond acceptors (Lipinski definition) is 2. The van der Waals surface area contributed by atoms with Crippen LogP contribution in [0.25, 0.3) is 0 Å². The molecule has 18 heavy (non-hydrogen) atoms. The van der Waals surface area contributed by atoms with Crippen molar-refractivity contribution in [2.45, 2.75) is 19.8 Å². The molecule has 0 saturated carbocycles. The van der Waals surface area contributed by atoms with Crippen LogP contribution in [0.2, 0.25) is 5.15 Å². The predicted molar refractivity (Wildman–Crippen MR) is 75.8 cm³/mol. The molecule has 1 aliphatic heterocycles. The van der Waals surface area contributed by atoms with Crippen molar-refractivity contribution in [2.75, 3.05) is 11.4 Å². The second-order valence-electron chi connectivity index (χ2n) is 4.72. The van der Waals surface area contributed by atoms with Crippen LogP contribution in [0.3, 0.4) is 0 Å². The molecule has 0 aliphatic carbocycles. The molecule has 0 spiro atoms. The fourth-order valence-corrected chi connectivity index (χ4v) is 2.72.